The molecule has 0 amide bonds. The molecule has 0 saturated carbocycles. The first-order chi connectivity index (χ1) is 12.8. The van der Waals surface area contributed by atoms with Crippen molar-refractivity contribution < 1.29 is 9.16 Å². The van der Waals surface area contributed by atoms with Gasteiger partial charge in [-0.25, -0.2) is 0 Å². The van der Waals surface area contributed by atoms with Gasteiger partial charge in [0, 0.05) is 6.07 Å². The molecule has 0 N–H and O–H groups in total. The highest BCUT2D eigenvalue weighted by Crippen LogP contribution is 2.44. The van der Waals surface area contributed by atoms with Crippen LogP contribution in [-0.4, -0.2) is 8.32 Å². The first kappa shape index (κ1) is 20.0. The van der Waals surface area contributed by atoms with Crippen LogP contribution >= 0.6 is 0 Å². The van der Waals surface area contributed by atoms with Crippen LogP contribution in [0, 0.1) is 0 Å². The zero-order valence-electron chi connectivity index (χ0n) is 17.7. The molecule has 3 rings (SSSR count). The molecule has 0 aliphatic carbocycles. The highest BCUT2D eigenvalue weighted by Gasteiger charge is 2.47. The van der Waals surface area contributed by atoms with Crippen LogP contribution in [-0.2, 0) is 6.42 Å². The standard InChI is InChI=1S/C24H34O2Si/c1-17(2)27(18(3)4,19(5)6)26-22-14-12-21-13-15-23(25-24(21)16-22)20-10-8-7-9-11-20/h7-12,14,16-19,23H,13,15H2,1-6H3/t23-/m1/s1. The third kappa shape index (κ3) is 3.94. The van der Waals surface area contributed by atoms with Crippen molar-refractivity contribution in [2.45, 2.75) is 77.1 Å². The van der Waals surface area contributed by atoms with E-state index in [4.69, 9.17) is 9.16 Å². The summed E-state index contributed by atoms with van der Waals surface area (Å²) >= 11 is 0. The SMILES string of the molecule is CC(C)[Si](Oc1ccc2c(c1)O[C@@H](c1ccccc1)CC2)(C(C)C)C(C)C. The van der Waals surface area contributed by atoms with Crippen molar-refractivity contribution in [1.82, 2.24) is 0 Å². The van der Waals surface area contributed by atoms with Crippen LogP contribution in [0.1, 0.15) is 65.2 Å². The number of fused-ring (bicyclic) bond motifs is 1. The van der Waals surface area contributed by atoms with Gasteiger partial charge < -0.3 is 9.16 Å². The first-order valence-electron chi connectivity index (χ1n) is 10.4. The van der Waals surface area contributed by atoms with Gasteiger partial charge in [0.25, 0.3) is 8.32 Å². The monoisotopic (exact) mass is 382 g/mol. The quantitative estimate of drug-likeness (QED) is 0.488. The predicted octanol–water partition coefficient (Wildman–Crippen LogP) is 7.31. The maximum absolute atomic E-state index is 6.85. The minimum absolute atomic E-state index is 0.135. The number of aryl methyl sites for hydroxylation is 1. The van der Waals surface area contributed by atoms with E-state index in [2.05, 4.69) is 90.1 Å². The summed E-state index contributed by atoms with van der Waals surface area (Å²) in [6.45, 7) is 14.0. The van der Waals surface area contributed by atoms with E-state index in [1.54, 1.807) is 0 Å². The number of hydrogen-bond donors (Lipinski definition) is 0. The molecular formula is C24H34O2Si. The van der Waals surface area contributed by atoms with Crippen LogP contribution < -0.4 is 9.16 Å². The molecule has 3 heteroatoms. The maximum Gasteiger partial charge on any atom is 0.258 e. The first-order valence-corrected chi connectivity index (χ1v) is 12.5. The third-order valence-electron chi connectivity index (χ3n) is 6.16. The third-order valence-corrected chi connectivity index (χ3v) is 12.2. The van der Waals surface area contributed by atoms with Crippen LogP contribution in [0.4, 0.5) is 0 Å². The van der Waals surface area contributed by atoms with Gasteiger partial charge in [0.2, 0.25) is 0 Å². The van der Waals surface area contributed by atoms with E-state index in [1.165, 1.54) is 11.1 Å². The molecule has 0 bridgehead atoms. The summed E-state index contributed by atoms with van der Waals surface area (Å²) in [7, 11) is -1.95. The molecule has 0 fully saturated rings. The number of hydrogen-bond acceptors (Lipinski definition) is 2. The number of ether oxygens (including phenoxy) is 1. The Balaban J connectivity index is 1.87. The van der Waals surface area contributed by atoms with E-state index in [1.807, 2.05) is 0 Å². The molecule has 0 aromatic heterocycles. The van der Waals surface area contributed by atoms with Crippen LogP contribution in [0.5, 0.6) is 11.5 Å². The fourth-order valence-corrected chi connectivity index (χ4v) is 10.1. The van der Waals surface area contributed by atoms with Crippen molar-refractivity contribution in [2.24, 2.45) is 0 Å². The molecule has 2 nitrogen and oxygen atoms in total. The molecule has 0 unspecified atom stereocenters. The summed E-state index contributed by atoms with van der Waals surface area (Å²) in [6.07, 6.45) is 2.21. The minimum Gasteiger partial charge on any atom is -0.543 e. The van der Waals surface area contributed by atoms with Gasteiger partial charge in [-0.3, -0.25) is 0 Å². The van der Waals surface area contributed by atoms with Crippen molar-refractivity contribution in [2.75, 3.05) is 0 Å². The smallest absolute Gasteiger partial charge is 0.258 e. The molecule has 0 saturated heterocycles. The van der Waals surface area contributed by atoms with E-state index < -0.39 is 8.32 Å². The molecule has 146 valence electrons. The normalized spacial score (nSPS) is 17.1. The van der Waals surface area contributed by atoms with E-state index in [0.29, 0.717) is 16.6 Å². The Bertz CT molecular complexity index is 730. The zero-order chi connectivity index (χ0) is 19.6. The summed E-state index contributed by atoms with van der Waals surface area (Å²) < 4.78 is 13.2. The second-order valence-electron chi connectivity index (χ2n) is 8.75. The average molecular weight is 383 g/mol. The van der Waals surface area contributed by atoms with E-state index in [9.17, 15) is 0 Å². The number of benzene rings is 2. The Kier molecular flexibility index (Phi) is 6.00. The van der Waals surface area contributed by atoms with Gasteiger partial charge >= 0.3 is 0 Å². The molecule has 1 aliphatic rings. The van der Waals surface area contributed by atoms with Crippen molar-refractivity contribution in [1.29, 1.82) is 0 Å². The van der Waals surface area contributed by atoms with Crippen molar-refractivity contribution >= 4 is 8.32 Å². The Morgan fingerprint density at radius 3 is 2.11 bits per heavy atom. The van der Waals surface area contributed by atoms with Gasteiger partial charge in [-0.15, -0.1) is 0 Å². The van der Waals surface area contributed by atoms with Crippen LogP contribution in [0.2, 0.25) is 16.6 Å². The van der Waals surface area contributed by atoms with Gasteiger partial charge in [-0.2, -0.15) is 0 Å². The minimum atomic E-state index is -1.95. The molecule has 2 aromatic rings. The summed E-state index contributed by atoms with van der Waals surface area (Å²) in [5.41, 5.74) is 4.23. The van der Waals surface area contributed by atoms with Crippen molar-refractivity contribution in [3.05, 3.63) is 59.7 Å². The summed E-state index contributed by atoms with van der Waals surface area (Å²) in [4.78, 5) is 0. The van der Waals surface area contributed by atoms with Crippen LogP contribution in [0.25, 0.3) is 0 Å². The highest BCUT2D eigenvalue weighted by molar-refractivity contribution is 6.78. The molecule has 1 heterocycles. The number of rotatable bonds is 6. The fourth-order valence-electron chi connectivity index (χ4n) is 4.87. The summed E-state index contributed by atoms with van der Waals surface area (Å²) in [6, 6.07) is 17.0. The Morgan fingerprint density at radius 2 is 1.52 bits per heavy atom. The van der Waals surface area contributed by atoms with Gasteiger partial charge in [-0.1, -0.05) is 77.9 Å². The Labute approximate surface area is 166 Å². The largest absolute Gasteiger partial charge is 0.543 e. The molecule has 2 aromatic carbocycles. The predicted molar refractivity (Wildman–Crippen MR) is 116 cm³/mol. The maximum atomic E-state index is 6.85. The van der Waals surface area contributed by atoms with Crippen molar-refractivity contribution in [3.8, 4) is 11.5 Å². The molecule has 0 spiro atoms. The summed E-state index contributed by atoms with van der Waals surface area (Å²) in [5, 5.41) is 0. The molecule has 1 aliphatic heterocycles. The Morgan fingerprint density at radius 1 is 0.889 bits per heavy atom. The molecule has 27 heavy (non-hydrogen) atoms. The second kappa shape index (κ2) is 8.10. The van der Waals surface area contributed by atoms with E-state index >= 15 is 0 Å². The second-order valence-corrected chi connectivity index (χ2v) is 14.1. The average Bonchev–Trinajstić information content (AvgIpc) is 2.65. The van der Waals surface area contributed by atoms with E-state index in [-0.39, 0.29) is 6.10 Å². The van der Waals surface area contributed by atoms with Crippen LogP contribution in [0.15, 0.2) is 48.5 Å². The lowest BCUT2D eigenvalue weighted by Crippen LogP contribution is -2.50. The highest BCUT2D eigenvalue weighted by atomic mass is 28.4. The lowest BCUT2D eigenvalue weighted by atomic mass is 9.97. The molecular weight excluding hydrogens is 348 g/mol. The van der Waals surface area contributed by atoms with Gasteiger partial charge in [-0.05, 0) is 46.7 Å². The van der Waals surface area contributed by atoms with Gasteiger partial charge in [0.1, 0.15) is 17.6 Å². The zero-order valence-corrected chi connectivity index (χ0v) is 18.7. The summed E-state index contributed by atoms with van der Waals surface area (Å²) in [5.74, 6) is 1.97. The lowest BCUT2D eigenvalue weighted by molar-refractivity contribution is 0.176. The van der Waals surface area contributed by atoms with Crippen LogP contribution in [0.3, 0.4) is 0 Å². The molecule has 0 radical (unpaired) electrons. The fraction of sp³-hybridized carbons (Fsp3) is 0.500. The topological polar surface area (TPSA) is 18.5 Å². The van der Waals surface area contributed by atoms with Crippen molar-refractivity contribution in [3.63, 3.8) is 0 Å². The van der Waals surface area contributed by atoms with Gasteiger partial charge in [0.15, 0.2) is 0 Å². The van der Waals surface area contributed by atoms with E-state index in [0.717, 1.165) is 24.3 Å². The Hall–Kier alpha value is -1.74. The van der Waals surface area contributed by atoms with Gasteiger partial charge in [0.05, 0.1) is 0 Å². The molecule has 1 atom stereocenters. The lowest BCUT2D eigenvalue weighted by Gasteiger charge is -2.42.